The predicted octanol–water partition coefficient (Wildman–Crippen LogP) is 3.76. The fourth-order valence-corrected chi connectivity index (χ4v) is 2.29. The lowest BCUT2D eigenvalue weighted by Gasteiger charge is -2.10. The molecule has 6 heteroatoms. The van der Waals surface area contributed by atoms with Crippen LogP contribution in [0.15, 0.2) is 48.5 Å². The number of hydrogen-bond acceptors (Lipinski definition) is 3. The van der Waals surface area contributed by atoms with Crippen molar-refractivity contribution in [1.29, 1.82) is 0 Å². The van der Waals surface area contributed by atoms with Crippen LogP contribution >= 0.6 is 11.6 Å². The summed E-state index contributed by atoms with van der Waals surface area (Å²) in [6.45, 7) is 0. The van der Waals surface area contributed by atoms with Gasteiger partial charge in [-0.3, -0.25) is 14.4 Å². The summed E-state index contributed by atoms with van der Waals surface area (Å²) in [4.78, 5) is 35.0. The lowest BCUT2D eigenvalue weighted by atomic mass is 10.0. The fourth-order valence-electron chi connectivity index (χ4n) is 2.16. The molecule has 0 saturated carbocycles. The first-order chi connectivity index (χ1) is 11.5. The Kier molecular flexibility index (Phi) is 6.09. The fraction of sp³-hybridized carbons (Fsp3) is 0.167. The Hall–Kier alpha value is -2.66. The van der Waals surface area contributed by atoms with Crippen LogP contribution < -0.4 is 5.32 Å². The van der Waals surface area contributed by atoms with E-state index in [9.17, 15) is 14.4 Å². The van der Waals surface area contributed by atoms with Crippen molar-refractivity contribution in [2.24, 2.45) is 0 Å². The van der Waals surface area contributed by atoms with Gasteiger partial charge in [0.1, 0.15) is 0 Å². The SMILES string of the molecule is O=C(O)CCCC(=O)Nc1ccccc1C(=O)c1ccc(Cl)cc1. The number of carboxylic acids is 1. The first-order valence-corrected chi connectivity index (χ1v) is 7.76. The number of rotatable bonds is 7. The maximum atomic E-state index is 12.6. The lowest BCUT2D eigenvalue weighted by Crippen LogP contribution is -2.15. The highest BCUT2D eigenvalue weighted by molar-refractivity contribution is 6.30. The number of carbonyl (C=O) groups excluding carboxylic acids is 2. The van der Waals surface area contributed by atoms with E-state index < -0.39 is 5.97 Å². The van der Waals surface area contributed by atoms with Crippen LogP contribution in [0.2, 0.25) is 5.02 Å². The van der Waals surface area contributed by atoms with Crippen LogP contribution in [0.1, 0.15) is 35.2 Å². The van der Waals surface area contributed by atoms with Gasteiger partial charge >= 0.3 is 5.97 Å². The second-order valence-electron chi connectivity index (χ2n) is 5.18. The van der Waals surface area contributed by atoms with Crippen molar-refractivity contribution in [3.05, 3.63) is 64.7 Å². The molecular formula is C18H16ClNO4. The molecule has 0 aliphatic rings. The van der Waals surface area contributed by atoms with Gasteiger partial charge in [-0.15, -0.1) is 0 Å². The molecule has 24 heavy (non-hydrogen) atoms. The number of aliphatic carboxylic acids is 1. The van der Waals surface area contributed by atoms with E-state index in [1.165, 1.54) is 0 Å². The molecular weight excluding hydrogens is 330 g/mol. The van der Waals surface area contributed by atoms with Crippen molar-refractivity contribution in [2.75, 3.05) is 5.32 Å². The first-order valence-electron chi connectivity index (χ1n) is 7.38. The average Bonchev–Trinajstić information content (AvgIpc) is 2.55. The summed E-state index contributed by atoms with van der Waals surface area (Å²) in [5.74, 6) is -1.50. The van der Waals surface area contributed by atoms with Gasteiger partial charge in [-0.2, -0.15) is 0 Å². The van der Waals surface area contributed by atoms with E-state index in [2.05, 4.69) is 5.32 Å². The molecule has 0 atom stereocenters. The van der Waals surface area contributed by atoms with Crippen LogP contribution in [-0.4, -0.2) is 22.8 Å². The normalized spacial score (nSPS) is 10.2. The monoisotopic (exact) mass is 345 g/mol. The van der Waals surface area contributed by atoms with Crippen LogP contribution in [0.5, 0.6) is 0 Å². The van der Waals surface area contributed by atoms with Gasteiger partial charge < -0.3 is 10.4 Å². The van der Waals surface area contributed by atoms with Gasteiger partial charge in [0.25, 0.3) is 0 Å². The molecule has 2 aromatic carbocycles. The standard InChI is InChI=1S/C18H16ClNO4/c19-13-10-8-12(9-11-13)18(24)14-4-1-2-5-15(14)20-16(21)6-3-7-17(22)23/h1-2,4-5,8-11H,3,6-7H2,(H,20,21)(H,22,23). The second-order valence-corrected chi connectivity index (χ2v) is 5.61. The van der Waals surface area contributed by atoms with Crippen molar-refractivity contribution < 1.29 is 19.5 Å². The summed E-state index contributed by atoms with van der Waals surface area (Å²) in [5, 5.41) is 11.8. The highest BCUT2D eigenvalue weighted by atomic mass is 35.5. The third kappa shape index (κ3) is 4.93. The zero-order valence-electron chi connectivity index (χ0n) is 12.8. The van der Waals surface area contributed by atoms with Crippen LogP contribution in [-0.2, 0) is 9.59 Å². The average molecular weight is 346 g/mol. The number of nitrogens with one attached hydrogen (secondary N) is 1. The largest absolute Gasteiger partial charge is 0.481 e. The molecule has 2 rings (SSSR count). The highest BCUT2D eigenvalue weighted by Crippen LogP contribution is 2.21. The number of hydrogen-bond donors (Lipinski definition) is 2. The molecule has 0 bridgehead atoms. The number of anilines is 1. The third-order valence-corrected chi connectivity index (χ3v) is 3.60. The van der Waals surface area contributed by atoms with Gasteiger partial charge in [-0.05, 0) is 42.8 Å². The molecule has 2 N–H and O–H groups in total. The van der Waals surface area contributed by atoms with E-state index >= 15 is 0 Å². The Labute approximate surface area is 144 Å². The number of ketones is 1. The van der Waals surface area contributed by atoms with E-state index in [0.29, 0.717) is 21.8 Å². The van der Waals surface area contributed by atoms with E-state index in [-0.39, 0.29) is 31.0 Å². The van der Waals surface area contributed by atoms with E-state index in [0.717, 1.165) is 0 Å². The van der Waals surface area contributed by atoms with Crippen molar-refractivity contribution >= 4 is 34.9 Å². The molecule has 5 nitrogen and oxygen atoms in total. The van der Waals surface area contributed by atoms with E-state index in [1.54, 1.807) is 48.5 Å². The second kappa shape index (κ2) is 8.26. The molecule has 124 valence electrons. The molecule has 0 heterocycles. The molecule has 0 aliphatic heterocycles. The summed E-state index contributed by atoms with van der Waals surface area (Å²) < 4.78 is 0. The van der Waals surface area contributed by atoms with Crippen LogP contribution in [0.4, 0.5) is 5.69 Å². The molecule has 0 saturated heterocycles. The van der Waals surface area contributed by atoms with Gasteiger partial charge in [0.15, 0.2) is 5.78 Å². The Balaban J connectivity index is 2.12. The van der Waals surface area contributed by atoms with Crippen molar-refractivity contribution in [3.8, 4) is 0 Å². The van der Waals surface area contributed by atoms with Crippen molar-refractivity contribution in [2.45, 2.75) is 19.3 Å². The quantitative estimate of drug-likeness (QED) is 0.748. The maximum absolute atomic E-state index is 12.6. The smallest absolute Gasteiger partial charge is 0.303 e. The van der Waals surface area contributed by atoms with Gasteiger partial charge in [-0.1, -0.05) is 23.7 Å². The predicted molar refractivity (Wildman–Crippen MR) is 91.4 cm³/mol. The molecule has 0 fully saturated rings. The van der Waals surface area contributed by atoms with Gasteiger partial charge in [0.05, 0.1) is 5.69 Å². The van der Waals surface area contributed by atoms with Crippen LogP contribution in [0.25, 0.3) is 0 Å². The van der Waals surface area contributed by atoms with Crippen LogP contribution in [0, 0.1) is 0 Å². The summed E-state index contributed by atoms with van der Waals surface area (Å²) >= 11 is 5.82. The minimum absolute atomic E-state index is 0.0707. The number of halogens is 1. The van der Waals surface area contributed by atoms with Gasteiger partial charge in [0.2, 0.25) is 5.91 Å². The van der Waals surface area contributed by atoms with Crippen molar-refractivity contribution in [3.63, 3.8) is 0 Å². The van der Waals surface area contributed by atoms with Crippen LogP contribution in [0.3, 0.4) is 0 Å². The molecule has 0 aromatic heterocycles. The summed E-state index contributed by atoms with van der Waals surface area (Å²) in [5.41, 5.74) is 1.23. The molecule has 0 spiro atoms. The summed E-state index contributed by atoms with van der Waals surface area (Å²) in [6.07, 6.45) is 0.253. The van der Waals surface area contributed by atoms with Gasteiger partial charge in [0, 0.05) is 29.0 Å². The number of benzene rings is 2. The summed E-state index contributed by atoms with van der Waals surface area (Å²) in [6, 6.07) is 13.2. The number of carboxylic acid groups (broad SMARTS) is 1. The molecule has 1 amide bonds. The molecule has 0 aliphatic carbocycles. The Morgan fingerprint density at radius 2 is 1.62 bits per heavy atom. The molecule has 2 aromatic rings. The Morgan fingerprint density at radius 3 is 2.29 bits per heavy atom. The Bertz CT molecular complexity index is 756. The lowest BCUT2D eigenvalue weighted by molar-refractivity contribution is -0.137. The number of amides is 1. The Morgan fingerprint density at radius 1 is 0.958 bits per heavy atom. The minimum Gasteiger partial charge on any atom is -0.481 e. The van der Waals surface area contributed by atoms with Gasteiger partial charge in [-0.25, -0.2) is 0 Å². The number of carbonyl (C=O) groups is 3. The topological polar surface area (TPSA) is 83.5 Å². The molecule has 0 unspecified atom stereocenters. The highest BCUT2D eigenvalue weighted by Gasteiger charge is 2.15. The maximum Gasteiger partial charge on any atom is 0.303 e. The zero-order valence-corrected chi connectivity index (χ0v) is 13.5. The summed E-state index contributed by atoms with van der Waals surface area (Å²) in [7, 11) is 0. The zero-order chi connectivity index (χ0) is 17.5. The minimum atomic E-state index is -0.943. The first kappa shape index (κ1) is 17.7. The molecule has 0 radical (unpaired) electrons. The van der Waals surface area contributed by atoms with Crippen molar-refractivity contribution in [1.82, 2.24) is 0 Å². The third-order valence-electron chi connectivity index (χ3n) is 3.35. The van der Waals surface area contributed by atoms with E-state index in [4.69, 9.17) is 16.7 Å². The number of para-hydroxylation sites is 1. The van der Waals surface area contributed by atoms with E-state index in [1.807, 2.05) is 0 Å².